The minimum Gasteiger partial charge on any atom is -0.209 e. The molecule has 0 bridgehead atoms. The fraction of sp³-hybridized carbons (Fsp3) is 0.200. The largest absolute Gasteiger partial charge is 0.240 e. The average molecular weight is 438 g/mol. The predicted octanol–water partition coefficient (Wildman–Crippen LogP) is 5.85. The van der Waals surface area contributed by atoms with E-state index in [1.54, 1.807) is 23.9 Å². The van der Waals surface area contributed by atoms with Crippen LogP contribution in [0.2, 0.25) is 0 Å². The lowest BCUT2D eigenvalue weighted by Crippen LogP contribution is -2.38. The van der Waals surface area contributed by atoms with Crippen molar-refractivity contribution in [2.75, 3.05) is 6.54 Å². The Morgan fingerprint density at radius 1 is 0.900 bits per heavy atom. The van der Waals surface area contributed by atoms with Gasteiger partial charge in [-0.15, -0.1) is 18.3 Å². The molecule has 0 aliphatic heterocycles. The molecule has 0 aliphatic rings. The van der Waals surface area contributed by atoms with Gasteiger partial charge >= 0.3 is 0 Å². The van der Waals surface area contributed by atoms with Gasteiger partial charge in [-0.05, 0) is 50.1 Å². The van der Waals surface area contributed by atoms with E-state index in [0.29, 0.717) is 6.42 Å². The van der Waals surface area contributed by atoms with Crippen LogP contribution in [0.3, 0.4) is 0 Å². The molecule has 3 nitrogen and oxygen atoms in total. The van der Waals surface area contributed by atoms with Crippen molar-refractivity contribution >= 4 is 21.8 Å². The molecule has 0 saturated carbocycles. The molecule has 3 aromatic rings. The predicted molar refractivity (Wildman–Crippen MR) is 126 cm³/mol. The average Bonchev–Trinajstić information content (AvgIpc) is 2.74. The van der Waals surface area contributed by atoms with Crippen LogP contribution in [0.25, 0.3) is 0 Å². The van der Waals surface area contributed by atoms with E-state index in [1.165, 1.54) is 0 Å². The molecule has 0 aliphatic carbocycles. The van der Waals surface area contributed by atoms with Crippen LogP contribution in [0.4, 0.5) is 0 Å². The molecule has 3 aromatic carbocycles. The number of allylic oxidation sites excluding steroid dienone is 1. The van der Waals surface area contributed by atoms with Gasteiger partial charge in [-0.25, -0.2) is 13.1 Å². The van der Waals surface area contributed by atoms with Crippen molar-refractivity contribution in [3.05, 3.63) is 108 Å². The Hall–Kier alpha value is -2.34. The van der Waals surface area contributed by atoms with Crippen LogP contribution in [0.5, 0.6) is 0 Å². The van der Waals surface area contributed by atoms with Gasteiger partial charge in [-0.1, -0.05) is 71.8 Å². The van der Waals surface area contributed by atoms with Gasteiger partial charge in [0, 0.05) is 11.4 Å². The van der Waals surface area contributed by atoms with E-state index in [1.807, 2.05) is 62.4 Å². The molecule has 0 saturated heterocycles. The molecule has 0 heterocycles. The number of benzene rings is 3. The first-order chi connectivity index (χ1) is 14.3. The van der Waals surface area contributed by atoms with Crippen LogP contribution in [-0.4, -0.2) is 15.0 Å². The first kappa shape index (κ1) is 22.3. The third-order valence-electron chi connectivity index (χ3n) is 4.99. The summed E-state index contributed by atoms with van der Waals surface area (Å²) in [5.41, 5.74) is 3.25. The van der Waals surface area contributed by atoms with Gasteiger partial charge in [0.25, 0.3) is 0 Å². The lowest BCUT2D eigenvalue weighted by atomic mass is 9.94. The second-order valence-corrected chi connectivity index (χ2v) is 10.6. The summed E-state index contributed by atoms with van der Waals surface area (Å²) >= 11 is 1.66. The van der Waals surface area contributed by atoms with E-state index in [2.05, 4.69) is 35.6 Å². The second kappa shape index (κ2) is 9.65. The summed E-state index contributed by atoms with van der Waals surface area (Å²) in [5, 5.41) is 0. The smallest absolute Gasteiger partial charge is 0.209 e. The van der Waals surface area contributed by atoms with Gasteiger partial charge in [0.15, 0.2) is 0 Å². The number of sulfonamides is 1. The molecule has 1 atom stereocenters. The molecule has 0 fully saturated rings. The SMILES string of the molecule is C=CCC(CNS(=O)(=O)c1ccc(C)cc1)(Sc1ccccc1)c1ccc(C)cc1. The highest BCUT2D eigenvalue weighted by Gasteiger charge is 2.34. The van der Waals surface area contributed by atoms with Crippen LogP contribution >= 0.6 is 11.8 Å². The molecule has 0 amide bonds. The van der Waals surface area contributed by atoms with Gasteiger partial charge in [0.1, 0.15) is 0 Å². The molecule has 156 valence electrons. The number of nitrogens with one attached hydrogen (secondary N) is 1. The standard InChI is InChI=1S/C25H27NO2S2/c1-4-18-25(22-14-10-20(2)11-15-22,29-23-8-6-5-7-9-23)19-26-30(27,28)24-16-12-21(3)13-17-24/h4-17,26H,1,18-19H2,2-3H3. The van der Waals surface area contributed by atoms with E-state index in [4.69, 9.17) is 0 Å². The summed E-state index contributed by atoms with van der Waals surface area (Å²) in [6.45, 7) is 8.18. The zero-order valence-electron chi connectivity index (χ0n) is 17.3. The first-order valence-electron chi connectivity index (χ1n) is 9.83. The molecule has 1 unspecified atom stereocenters. The molecular weight excluding hydrogens is 410 g/mol. The van der Waals surface area contributed by atoms with E-state index >= 15 is 0 Å². The maximum absolute atomic E-state index is 13.0. The zero-order chi connectivity index (χ0) is 21.6. The summed E-state index contributed by atoms with van der Waals surface area (Å²) in [5.74, 6) is 0. The molecule has 1 N–H and O–H groups in total. The number of aryl methyl sites for hydroxylation is 2. The monoisotopic (exact) mass is 437 g/mol. The number of hydrogen-bond donors (Lipinski definition) is 1. The van der Waals surface area contributed by atoms with Crippen molar-refractivity contribution in [1.29, 1.82) is 0 Å². The summed E-state index contributed by atoms with van der Waals surface area (Å²) in [7, 11) is -3.63. The van der Waals surface area contributed by atoms with E-state index in [0.717, 1.165) is 21.6 Å². The third-order valence-corrected chi connectivity index (χ3v) is 7.85. The van der Waals surface area contributed by atoms with Crippen LogP contribution < -0.4 is 4.72 Å². The number of hydrogen-bond acceptors (Lipinski definition) is 3. The fourth-order valence-corrected chi connectivity index (χ4v) is 5.78. The summed E-state index contributed by atoms with van der Waals surface area (Å²) < 4.78 is 28.3. The fourth-order valence-electron chi connectivity index (χ4n) is 3.25. The number of rotatable bonds is 9. The quantitative estimate of drug-likeness (QED) is 0.338. The molecule has 30 heavy (non-hydrogen) atoms. The highest BCUT2D eigenvalue weighted by molar-refractivity contribution is 8.00. The maximum atomic E-state index is 13.0. The van der Waals surface area contributed by atoms with Gasteiger partial charge in [-0.2, -0.15) is 0 Å². The Bertz CT molecular complexity index is 1080. The Kier molecular flexibility index (Phi) is 7.19. The molecule has 3 rings (SSSR count). The normalized spacial score (nSPS) is 13.5. The Morgan fingerprint density at radius 3 is 2.03 bits per heavy atom. The van der Waals surface area contributed by atoms with Gasteiger partial charge in [0.2, 0.25) is 10.0 Å². The topological polar surface area (TPSA) is 46.2 Å². The van der Waals surface area contributed by atoms with Crippen molar-refractivity contribution < 1.29 is 8.42 Å². The van der Waals surface area contributed by atoms with Gasteiger partial charge in [0.05, 0.1) is 9.64 Å². The minimum atomic E-state index is -3.63. The van der Waals surface area contributed by atoms with Gasteiger partial charge in [-0.3, -0.25) is 0 Å². The van der Waals surface area contributed by atoms with E-state index < -0.39 is 14.8 Å². The van der Waals surface area contributed by atoms with Crippen molar-refractivity contribution in [3.63, 3.8) is 0 Å². The molecule has 0 aromatic heterocycles. The van der Waals surface area contributed by atoms with Crippen LogP contribution in [0.1, 0.15) is 23.1 Å². The maximum Gasteiger partial charge on any atom is 0.240 e. The highest BCUT2D eigenvalue weighted by Crippen LogP contribution is 2.44. The Morgan fingerprint density at radius 2 is 1.47 bits per heavy atom. The van der Waals surface area contributed by atoms with E-state index in [-0.39, 0.29) is 11.4 Å². The summed E-state index contributed by atoms with van der Waals surface area (Å²) in [4.78, 5) is 1.35. The first-order valence-corrected chi connectivity index (χ1v) is 12.1. The lowest BCUT2D eigenvalue weighted by Gasteiger charge is -2.33. The zero-order valence-corrected chi connectivity index (χ0v) is 19.0. The Labute approximate surface area is 184 Å². The second-order valence-electron chi connectivity index (χ2n) is 7.41. The van der Waals surface area contributed by atoms with Gasteiger partial charge < -0.3 is 0 Å². The summed E-state index contributed by atoms with van der Waals surface area (Å²) in [6, 6.07) is 25.2. The lowest BCUT2D eigenvalue weighted by molar-refractivity contribution is 0.557. The molecule has 0 radical (unpaired) electrons. The third kappa shape index (κ3) is 5.42. The van der Waals surface area contributed by atoms with Crippen molar-refractivity contribution in [2.24, 2.45) is 0 Å². The number of thioether (sulfide) groups is 1. The summed E-state index contributed by atoms with van der Waals surface area (Å²) in [6.07, 6.45) is 2.47. The van der Waals surface area contributed by atoms with Crippen molar-refractivity contribution in [3.8, 4) is 0 Å². The van der Waals surface area contributed by atoms with Crippen LogP contribution in [-0.2, 0) is 14.8 Å². The van der Waals surface area contributed by atoms with Crippen LogP contribution in [0, 0.1) is 13.8 Å². The minimum absolute atomic E-state index is 0.248. The molecule has 0 spiro atoms. The van der Waals surface area contributed by atoms with E-state index in [9.17, 15) is 8.42 Å². The van der Waals surface area contributed by atoms with Crippen molar-refractivity contribution in [1.82, 2.24) is 4.72 Å². The molecular formula is C25H27NO2S2. The Balaban J connectivity index is 1.98. The molecule has 5 heteroatoms. The highest BCUT2D eigenvalue weighted by atomic mass is 32.2. The van der Waals surface area contributed by atoms with Crippen molar-refractivity contribution in [2.45, 2.75) is 34.8 Å². The van der Waals surface area contributed by atoms with Crippen LogP contribution in [0.15, 0.2) is 101 Å².